The van der Waals surface area contributed by atoms with Gasteiger partial charge >= 0.3 is 0 Å². The molecule has 0 saturated heterocycles. The first-order valence-corrected chi connectivity index (χ1v) is 5.99. The van der Waals surface area contributed by atoms with Crippen LogP contribution in [0.2, 0.25) is 0 Å². The fourth-order valence-corrected chi connectivity index (χ4v) is 1.26. The van der Waals surface area contributed by atoms with Gasteiger partial charge in [0, 0.05) is 0 Å². The van der Waals surface area contributed by atoms with Crippen molar-refractivity contribution < 1.29 is 10.2 Å². The zero-order valence-corrected chi connectivity index (χ0v) is 10.4. The smallest absolute Gasteiger partial charge is 0.0836 e. The molecule has 0 heterocycles. The number of aliphatic hydroxyl groups excluding tert-OH is 2. The Labute approximate surface area is 104 Å². The van der Waals surface area contributed by atoms with Crippen LogP contribution in [0.15, 0.2) is 36.5 Å². The molecule has 0 aliphatic carbocycles. The molecule has 2 unspecified atom stereocenters. The average molecular weight is 234 g/mol. The predicted octanol–water partition coefficient (Wildman–Crippen LogP) is 2.59. The Bertz CT molecular complexity index is 295. The summed E-state index contributed by atoms with van der Waals surface area (Å²) in [6, 6.07) is 0. The van der Waals surface area contributed by atoms with Crippen LogP contribution >= 0.6 is 0 Å². The number of aliphatic hydroxyl groups is 2. The first-order valence-electron chi connectivity index (χ1n) is 5.99. The van der Waals surface area contributed by atoms with Gasteiger partial charge in [0.15, 0.2) is 0 Å². The number of allylic oxidation sites excluding steroid dienone is 4. The highest BCUT2D eigenvalue weighted by atomic mass is 16.3. The average Bonchev–Trinajstić information content (AvgIpc) is 2.33. The van der Waals surface area contributed by atoms with E-state index in [1.807, 2.05) is 12.2 Å². The highest BCUT2D eigenvalue weighted by Gasteiger charge is 2.12. The Morgan fingerprint density at radius 2 is 1.59 bits per heavy atom. The van der Waals surface area contributed by atoms with Crippen LogP contribution < -0.4 is 0 Å². The minimum absolute atomic E-state index is 0.384. The van der Waals surface area contributed by atoms with Crippen molar-refractivity contribution in [3.63, 3.8) is 0 Å². The van der Waals surface area contributed by atoms with Gasteiger partial charge < -0.3 is 10.2 Å². The molecule has 2 heteroatoms. The standard InChI is InChI=1S/C15H22O2/c1-3-5-7-8-9-11-13-15(17)14(16)12-10-6-4-2/h2,5-7,9-11,14-17H,3,8,12-13H2,1H3/b7-5-,10-6+,11-9-. The molecule has 0 aromatic heterocycles. The van der Waals surface area contributed by atoms with Crippen molar-refractivity contribution in [1.29, 1.82) is 0 Å². The highest BCUT2D eigenvalue weighted by molar-refractivity contribution is 5.09. The van der Waals surface area contributed by atoms with Crippen LogP contribution in [0.1, 0.15) is 32.6 Å². The second-order valence-corrected chi connectivity index (χ2v) is 3.76. The molecule has 0 aliphatic heterocycles. The minimum Gasteiger partial charge on any atom is -0.390 e. The largest absolute Gasteiger partial charge is 0.390 e. The van der Waals surface area contributed by atoms with Crippen molar-refractivity contribution in [2.45, 2.75) is 44.8 Å². The summed E-state index contributed by atoms with van der Waals surface area (Å²) < 4.78 is 0. The fraction of sp³-hybridized carbons (Fsp3) is 0.467. The normalized spacial score (nSPS) is 15.6. The number of rotatable bonds is 8. The third kappa shape index (κ3) is 9.62. The Morgan fingerprint density at radius 3 is 2.18 bits per heavy atom. The lowest BCUT2D eigenvalue weighted by molar-refractivity contribution is 0.0238. The molecule has 2 nitrogen and oxygen atoms in total. The molecule has 2 N–H and O–H groups in total. The lowest BCUT2D eigenvalue weighted by Crippen LogP contribution is -2.24. The minimum atomic E-state index is -0.754. The molecule has 0 spiro atoms. The van der Waals surface area contributed by atoms with Crippen LogP contribution in [-0.2, 0) is 0 Å². The van der Waals surface area contributed by atoms with Gasteiger partial charge in [-0.3, -0.25) is 0 Å². The molecule has 0 amide bonds. The van der Waals surface area contributed by atoms with Gasteiger partial charge in [0.25, 0.3) is 0 Å². The van der Waals surface area contributed by atoms with Gasteiger partial charge in [-0.25, -0.2) is 0 Å². The lowest BCUT2D eigenvalue weighted by atomic mass is 10.1. The van der Waals surface area contributed by atoms with Crippen molar-refractivity contribution in [3.8, 4) is 12.3 Å². The van der Waals surface area contributed by atoms with Crippen molar-refractivity contribution in [3.05, 3.63) is 36.5 Å². The summed E-state index contributed by atoms with van der Waals surface area (Å²) in [5, 5.41) is 19.2. The topological polar surface area (TPSA) is 40.5 Å². The number of terminal acetylenes is 1. The van der Waals surface area contributed by atoms with Crippen LogP contribution in [0.4, 0.5) is 0 Å². The Balaban J connectivity index is 3.77. The second kappa shape index (κ2) is 11.2. The summed E-state index contributed by atoms with van der Waals surface area (Å²) in [6.45, 7) is 2.09. The molecular formula is C15H22O2. The van der Waals surface area contributed by atoms with Gasteiger partial charge in [-0.05, 0) is 31.8 Å². The van der Waals surface area contributed by atoms with E-state index in [1.165, 1.54) is 6.08 Å². The SMILES string of the molecule is C#C/C=C/CC(O)C(O)C/C=C\C/C=C\CC. The summed E-state index contributed by atoms with van der Waals surface area (Å²) in [4.78, 5) is 0. The van der Waals surface area contributed by atoms with Crippen molar-refractivity contribution in [2.75, 3.05) is 0 Å². The molecule has 0 radical (unpaired) electrons. The van der Waals surface area contributed by atoms with Crippen LogP contribution in [0, 0.1) is 12.3 Å². The summed E-state index contributed by atoms with van der Waals surface area (Å²) in [6.07, 6.45) is 17.6. The zero-order valence-electron chi connectivity index (χ0n) is 10.4. The van der Waals surface area contributed by atoms with Gasteiger partial charge in [0.1, 0.15) is 0 Å². The summed E-state index contributed by atoms with van der Waals surface area (Å²) in [5.74, 6) is 2.34. The zero-order chi connectivity index (χ0) is 12.9. The van der Waals surface area contributed by atoms with Crippen LogP contribution in [0.3, 0.4) is 0 Å². The monoisotopic (exact) mass is 234 g/mol. The molecule has 0 aromatic carbocycles. The van der Waals surface area contributed by atoms with Crippen LogP contribution in [0.25, 0.3) is 0 Å². The van der Waals surface area contributed by atoms with E-state index in [-0.39, 0.29) is 0 Å². The maximum Gasteiger partial charge on any atom is 0.0836 e. The maximum absolute atomic E-state index is 9.61. The molecule has 0 aliphatic rings. The Hall–Kier alpha value is -1.30. The first kappa shape index (κ1) is 15.7. The van der Waals surface area contributed by atoms with E-state index in [0.717, 1.165) is 12.8 Å². The van der Waals surface area contributed by atoms with Crippen LogP contribution in [0.5, 0.6) is 0 Å². The Morgan fingerprint density at radius 1 is 1.00 bits per heavy atom. The maximum atomic E-state index is 9.61. The molecule has 17 heavy (non-hydrogen) atoms. The summed E-state index contributed by atoms with van der Waals surface area (Å²) in [5.41, 5.74) is 0. The molecule has 0 fully saturated rings. The third-order valence-corrected chi connectivity index (χ3v) is 2.25. The van der Waals surface area contributed by atoms with E-state index in [9.17, 15) is 10.2 Å². The van der Waals surface area contributed by atoms with E-state index in [1.54, 1.807) is 6.08 Å². The molecule has 0 saturated carbocycles. The van der Waals surface area contributed by atoms with Gasteiger partial charge in [-0.15, -0.1) is 6.42 Å². The van der Waals surface area contributed by atoms with Gasteiger partial charge in [-0.1, -0.05) is 43.2 Å². The molecule has 94 valence electrons. The van der Waals surface area contributed by atoms with Gasteiger partial charge in [0.2, 0.25) is 0 Å². The molecule has 2 atom stereocenters. The summed E-state index contributed by atoms with van der Waals surface area (Å²) >= 11 is 0. The molecule has 0 rings (SSSR count). The summed E-state index contributed by atoms with van der Waals surface area (Å²) in [7, 11) is 0. The first-order chi connectivity index (χ1) is 8.22. The molecule has 0 aromatic rings. The van der Waals surface area contributed by atoms with Gasteiger partial charge in [-0.2, -0.15) is 0 Å². The van der Waals surface area contributed by atoms with Crippen LogP contribution in [-0.4, -0.2) is 22.4 Å². The van der Waals surface area contributed by atoms with E-state index < -0.39 is 12.2 Å². The predicted molar refractivity (Wildman–Crippen MR) is 72.4 cm³/mol. The van der Waals surface area contributed by atoms with E-state index in [4.69, 9.17) is 6.42 Å². The second-order valence-electron chi connectivity index (χ2n) is 3.76. The molecule has 0 bridgehead atoms. The molecular weight excluding hydrogens is 212 g/mol. The van der Waals surface area contributed by atoms with E-state index in [2.05, 4.69) is 25.0 Å². The number of hydrogen-bond donors (Lipinski definition) is 2. The Kier molecular flexibility index (Phi) is 10.3. The lowest BCUT2D eigenvalue weighted by Gasteiger charge is -2.13. The fourth-order valence-electron chi connectivity index (χ4n) is 1.26. The number of hydrogen-bond acceptors (Lipinski definition) is 2. The quantitative estimate of drug-likeness (QED) is 0.500. The van der Waals surface area contributed by atoms with Gasteiger partial charge in [0.05, 0.1) is 12.2 Å². The highest BCUT2D eigenvalue weighted by Crippen LogP contribution is 2.05. The van der Waals surface area contributed by atoms with Crippen molar-refractivity contribution in [1.82, 2.24) is 0 Å². The third-order valence-electron chi connectivity index (χ3n) is 2.25. The van der Waals surface area contributed by atoms with E-state index >= 15 is 0 Å². The van der Waals surface area contributed by atoms with E-state index in [0.29, 0.717) is 12.8 Å². The van der Waals surface area contributed by atoms with Crippen molar-refractivity contribution in [2.24, 2.45) is 0 Å². The van der Waals surface area contributed by atoms with Crippen molar-refractivity contribution >= 4 is 0 Å².